The lowest BCUT2D eigenvalue weighted by Crippen LogP contribution is -2.34. The third-order valence-corrected chi connectivity index (χ3v) is 11.1. The molecule has 1 unspecified atom stereocenters. The van der Waals surface area contributed by atoms with Gasteiger partial charge in [-0.05, 0) is 51.4 Å². The number of carbonyl (C=O) groups is 4. The Labute approximate surface area is 345 Å². The lowest BCUT2D eigenvalue weighted by molar-refractivity contribution is -0.161. The minimum Gasteiger partial charge on any atom is -0.480 e. The molecule has 7 N–H and O–H groups in total. The van der Waals surface area contributed by atoms with Gasteiger partial charge in [0, 0.05) is 43.9 Å². The van der Waals surface area contributed by atoms with Gasteiger partial charge < -0.3 is 40.5 Å². The molecule has 1 saturated carbocycles. The van der Waals surface area contributed by atoms with Crippen LogP contribution in [0.2, 0.25) is 0 Å². The number of allylic oxidation sites excluding steroid dienone is 2. The number of aliphatic carboxylic acids is 1. The fourth-order valence-electron chi connectivity index (χ4n) is 6.64. The topological polar surface area (TPSA) is 249 Å². The summed E-state index contributed by atoms with van der Waals surface area (Å²) < 4.78 is 32.5. The molecule has 0 saturated heterocycles. The maximum absolute atomic E-state index is 12.8. The standard InChI is InChI=1S/C42H74NO14P/c1-3-5-7-8-9-10-11-12-13-14-15-16-18-23-40(48)54-29-34(30-55-58(52,53)56-31-37(43)42(50)51)57-41(49)24-20-19-22-33(45)27-36-35(38(46)28-39(36)47)26-25-32(44)21-17-6-4-2/h10-11,25-26,32,34-39,44,46-47H,3-9,12-24,27-31,43H2,1-2H3,(H,50,51)(H,52,53)/b11-10-,26-25+/t32-,34+,35+,36+,37-,38+,39-/m0/s1. The molecule has 0 aromatic carbocycles. The second-order valence-corrected chi connectivity index (χ2v) is 16.9. The quantitative estimate of drug-likeness (QED) is 0.0168. The van der Waals surface area contributed by atoms with E-state index in [-0.39, 0.29) is 44.3 Å². The second kappa shape index (κ2) is 32.3. The number of aliphatic hydroxyl groups is 3. The summed E-state index contributed by atoms with van der Waals surface area (Å²) in [5, 5.41) is 40.2. The Morgan fingerprint density at radius 3 is 2.00 bits per heavy atom. The van der Waals surface area contributed by atoms with Crippen molar-refractivity contribution in [2.45, 2.75) is 186 Å². The third kappa shape index (κ3) is 26.6. The van der Waals surface area contributed by atoms with E-state index in [1.807, 2.05) is 0 Å². The normalized spacial score (nSPS) is 20.9. The molecule has 0 aliphatic heterocycles. The van der Waals surface area contributed by atoms with Gasteiger partial charge in [-0.3, -0.25) is 28.2 Å². The minimum atomic E-state index is -4.82. The first kappa shape index (κ1) is 53.5. The van der Waals surface area contributed by atoms with Crippen LogP contribution >= 0.6 is 7.82 Å². The smallest absolute Gasteiger partial charge is 0.472 e. The Hall–Kier alpha value is -2.49. The Bertz CT molecular complexity index is 1260. The zero-order valence-corrected chi connectivity index (χ0v) is 35.9. The SMILES string of the molecule is CCCCCC/C=C\CCCCCCCC(=O)OC[C@H](COP(=O)(O)OC[C@H](N)C(=O)O)OC(=O)CCCCC(=O)C[C@@H]1[C@@H](/C=C/[C@@H](O)CCCCC)[C@H](O)C[C@@H]1O. The number of rotatable bonds is 36. The number of unbranched alkanes of at least 4 members (excludes halogenated alkanes) is 12. The van der Waals surface area contributed by atoms with Gasteiger partial charge in [0.25, 0.3) is 0 Å². The molecule has 8 atom stereocenters. The number of nitrogens with two attached hydrogens (primary N) is 1. The predicted molar refractivity (Wildman–Crippen MR) is 219 cm³/mol. The molecular formula is C42H74NO14P. The highest BCUT2D eigenvalue weighted by molar-refractivity contribution is 7.47. The lowest BCUT2D eigenvalue weighted by atomic mass is 9.87. The summed E-state index contributed by atoms with van der Waals surface area (Å²) in [4.78, 5) is 59.0. The average molecular weight is 848 g/mol. The monoisotopic (exact) mass is 847 g/mol. The Kier molecular flexibility index (Phi) is 29.8. The van der Waals surface area contributed by atoms with Crippen molar-refractivity contribution < 1.29 is 67.6 Å². The van der Waals surface area contributed by atoms with Crippen LogP contribution in [-0.2, 0) is 42.3 Å². The number of carboxylic acids is 1. The van der Waals surface area contributed by atoms with E-state index < -0.39 is 87.8 Å². The Morgan fingerprint density at radius 1 is 0.759 bits per heavy atom. The summed E-state index contributed by atoms with van der Waals surface area (Å²) in [7, 11) is -4.82. The molecule has 0 aromatic heterocycles. The summed E-state index contributed by atoms with van der Waals surface area (Å²) >= 11 is 0. The molecule has 0 radical (unpaired) electrons. The van der Waals surface area contributed by atoms with Crippen molar-refractivity contribution >= 4 is 31.5 Å². The number of hydrogen-bond donors (Lipinski definition) is 6. The van der Waals surface area contributed by atoms with E-state index in [2.05, 4.69) is 30.5 Å². The summed E-state index contributed by atoms with van der Waals surface area (Å²) in [6.45, 7) is 2.28. The van der Waals surface area contributed by atoms with E-state index in [4.69, 9.17) is 24.8 Å². The van der Waals surface area contributed by atoms with Gasteiger partial charge in [0.15, 0.2) is 6.10 Å². The number of carbonyl (C=O) groups excluding carboxylic acids is 3. The number of phosphoric acid groups is 1. The summed E-state index contributed by atoms with van der Waals surface area (Å²) in [6, 6.07) is -1.58. The maximum Gasteiger partial charge on any atom is 0.472 e. The van der Waals surface area contributed by atoms with Crippen molar-refractivity contribution in [3.63, 3.8) is 0 Å². The molecule has 0 spiro atoms. The van der Waals surface area contributed by atoms with Crippen LogP contribution in [0.25, 0.3) is 0 Å². The van der Waals surface area contributed by atoms with E-state index in [9.17, 15) is 44.0 Å². The number of ketones is 1. The number of carboxylic acid groups (broad SMARTS) is 1. The molecule has 58 heavy (non-hydrogen) atoms. The highest BCUT2D eigenvalue weighted by Crippen LogP contribution is 2.43. The zero-order valence-electron chi connectivity index (χ0n) is 35.0. The first-order valence-electron chi connectivity index (χ1n) is 21.5. The van der Waals surface area contributed by atoms with Crippen LogP contribution in [0.15, 0.2) is 24.3 Å². The number of aliphatic hydroxyl groups excluding tert-OH is 3. The van der Waals surface area contributed by atoms with Crippen LogP contribution in [0.3, 0.4) is 0 Å². The molecule has 1 rings (SSSR count). The Morgan fingerprint density at radius 2 is 1.33 bits per heavy atom. The van der Waals surface area contributed by atoms with Crippen LogP contribution in [-0.4, -0.2) is 99.3 Å². The van der Waals surface area contributed by atoms with Crippen LogP contribution in [0.5, 0.6) is 0 Å². The van der Waals surface area contributed by atoms with Crippen molar-refractivity contribution in [3.05, 3.63) is 24.3 Å². The number of hydrogen-bond acceptors (Lipinski definition) is 13. The van der Waals surface area contributed by atoms with E-state index in [1.54, 1.807) is 12.2 Å². The summed E-state index contributed by atoms with van der Waals surface area (Å²) in [6.07, 6.45) is 20.3. The largest absolute Gasteiger partial charge is 0.480 e. The van der Waals surface area contributed by atoms with Crippen molar-refractivity contribution in [3.8, 4) is 0 Å². The van der Waals surface area contributed by atoms with Gasteiger partial charge in [-0.15, -0.1) is 0 Å². The van der Waals surface area contributed by atoms with Gasteiger partial charge in [-0.1, -0.05) is 95.9 Å². The van der Waals surface area contributed by atoms with Crippen LogP contribution in [0, 0.1) is 11.8 Å². The van der Waals surface area contributed by atoms with Gasteiger partial charge in [-0.25, -0.2) is 4.57 Å². The fourth-order valence-corrected chi connectivity index (χ4v) is 7.42. The van der Waals surface area contributed by atoms with Crippen molar-refractivity contribution in [1.82, 2.24) is 0 Å². The molecule has 0 amide bonds. The lowest BCUT2D eigenvalue weighted by Gasteiger charge is -2.21. The molecule has 0 heterocycles. The van der Waals surface area contributed by atoms with E-state index in [0.29, 0.717) is 19.3 Å². The maximum atomic E-state index is 12.8. The highest BCUT2D eigenvalue weighted by Gasteiger charge is 2.41. The number of esters is 2. The van der Waals surface area contributed by atoms with Gasteiger partial charge in [0.2, 0.25) is 0 Å². The molecule has 336 valence electrons. The number of phosphoric ester groups is 1. The predicted octanol–water partition coefficient (Wildman–Crippen LogP) is 6.62. The van der Waals surface area contributed by atoms with Crippen LogP contribution in [0.1, 0.15) is 155 Å². The van der Waals surface area contributed by atoms with Crippen LogP contribution < -0.4 is 5.73 Å². The van der Waals surface area contributed by atoms with Crippen molar-refractivity contribution in [2.24, 2.45) is 17.6 Å². The molecule has 1 aliphatic carbocycles. The van der Waals surface area contributed by atoms with E-state index in [0.717, 1.165) is 57.8 Å². The van der Waals surface area contributed by atoms with E-state index in [1.165, 1.54) is 25.7 Å². The van der Waals surface area contributed by atoms with Crippen LogP contribution in [0.4, 0.5) is 0 Å². The molecule has 0 bridgehead atoms. The van der Waals surface area contributed by atoms with Crippen molar-refractivity contribution in [2.75, 3.05) is 19.8 Å². The van der Waals surface area contributed by atoms with Gasteiger partial charge in [0.05, 0.1) is 31.5 Å². The second-order valence-electron chi connectivity index (χ2n) is 15.4. The zero-order chi connectivity index (χ0) is 43.2. The number of ether oxygens (including phenoxy) is 2. The molecule has 0 aromatic rings. The molecule has 15 nitrogen and oxygen atoms in total. The Balaban J connectivity index is 2.56. The van der Waals surface area contributed by atoms with Gasteiger partial charge >= 0.3 is 25.7 Å². The molecule has 1 aliphatic rings. The third-order valence-electron chi connectivity index (χ3n) is 10.2. The molecule has 1 fully saturated rings. The van der Waals surface area contributed by atoms with Gasteiger partial charge in [-0.2, -0.15) is 0 Å². The first-order chi connectivity index (χ1) is 27.7. The van der Waals surface area contributed by atoms with E-state index >= 15 is 0 Å². The fraction of sp³-hybridized carbons (Fsp3) is 0.810. The minimum absolute atomic E-state index is 0.0337. The number of Topliss-reactive ketones (excluding diaryl/α,β-unsaturated/α-hetero) is 1. The first-order valence-corrected chi connectivity index (χ1v) is 23.0. The highest BCUT2D eigenvalue weighted by atomic mass is 31.2. The van der Waals surface area contributed by atoms with Crippen molar-refractivity contribution in [1.29, 1.82) is 0 Å². The molecule has 16 heteroatoms. The average Bonchev–Trinajstić information content (AvgIpc) is 3.44. The molecular weight excluding hydrogens is 773 g/mol. The van der Waals surface area contributed by atoms with Gasteiger partial charge in [0.1, 0.15) is 18.4 Å². The summed E-state index contributed by atoms with van der Waals surface area (Å²) in [5.74, 6) is -3.84. The summed E-state index contributed by atoms with van der Waals surface area (Å²) in [5.41, 5.74) is 5.31.